The lowest BCUT2D eigenvalue weighted by Gasteiger charge is -2.17. The minimum Gasteiger partial charge on any atom is -0.360 e. The Labute approximate surface area is 125 Å². The topological polar surface area (TPSA) is 72.2 Å². The summed E-state index contributed by atoms with van der Waals surface area (Å²) in [5.41, 5.74) is 3.48. The second kappa shape index (κ2) is 5.61. The molecule has 0 saturated heterocycles. The van der Waals surface area contributed by atoms with Crippen molar-refractivity contribution in [1.29, 1.82) is 0 Å². The molecule has 0 amide bonds. The zero-order valence-corrected chi connectivity index (χ0v) is 13.7. The molecular weight excluding hydrogens is 288 g/mol. The highest BCUT2D eigenvalue weighted by Gasteiger charge is 2.26. The van der Waals surface area contributed by atoms with Crippen LogP contribution in [0.1, 0.15) is 41.1 Å². The first-order valence-corrected chi connectivity index (χ1v) is 8.23. The van der Waals surface area contributed by atoms with E-state index in [9.17, 15) is 8.42 Å². The van der Waals surface area contributed by atoms with Crippen molar-refractivity contribution in [2.24, 2.45) is 0 Å². The van der Waals surface area contributed by atoms with Crippen LogP contribution < -0.4 is 4.72 Å². The summed E-state index contributed by atoms with van der Waals surface area (Å²) in [5, 5.41) is 3.70. The molecule has 0 aliphatic carbocycles. The van der Waals surface area contributed by atoms with E-state index in [0.717, 1.165) is 16.7 Å². The van der Waals surface area contributed by atoms with Gasteiger partial charge in [0, 0.05) is 6.04 Å². The number of hydrogen-bond donors (Lipinski definition) is 1. The number of nitrogens with zero attached hydrogens (tertiary/aromatic N) is 1. The molecule has 114 valence electrons. The fourth-order valence-corrected chi connectivity index (χ4v) is 3.99. The van der Waals surface area contributed by atoms with Crippen LogP contribution in [0.3, 0.4) is 0 Å². The molecule has 0 aliphatic heterocycles. The summed E-state index contributed by atoms with van der Waals surface area (Å²) >= 11 is 0. The number of rotatable bonds is 4. The number of hydrogen-bond acceptors (Lipinski definition) is 4. The first-order chi connectivity index (χ1) is 9.72. The molecule has 1 aromatic heterocycles. The van der Waals surface area contributed by atoms with Crippen LogP contribution in [0, 0.1) is 27.7 Å². The molecule has 2 rings (SSSR count). The lowest BCUT2D eigenvalue weighted by Crippen LogP contribution is -2.28. The molecule has 1 unspecified atom stereocenters. The van der Waals surface area contributed by atoms with E-state index < -0.39 is 10.0 Å². The van der Waals surface area contributed by atoms with Gasteiger partial charge >= 0.3 is 0 Å². The van der Waals surface area contributed by atoms with E-state index in [4.69, 9.17) is 4.52 Å². The second-order valence-corrected chi connectivity index (χ2v) is 7.01. The lowest BCUT2D eigenvalue weighted by molar-refractivity contribution is 0.390. The molecule has 0 radical (unpaired) electrons. The molecule has 5 nitrogen and oxygen atoms in total. The molecule has 0 spiro atoms. The molecule has 1 heterocycles. The van der Waals surface area contributed by atoms with Crippen molar-refractivity contribution in [2.45, 2.75) is 45.6 Å². The molecule has 1 N–H and O–H groups in total. The fraction of sp³-hybridized carbons (Fsp3) is 0.400. The molecule has 0 saturated carbocycles. The van der Waals surface area contributed by atoms with Crippen molar-refractivity contribution in [3.8, 4) is 0 Å². The van der Waals surface area contributed by atoms with Crippen molar-refractivity contribution in [3.05, 3.63) is 46.3 Å². The second-order valence-electron chi connectivity index (χ2n) is 5.36. The summed E-state index contributed by atoms with van der Waals surface area (Å²) < 4.78 is 32.6. The Morgan fingerprint density at radius 1 is 1.19 bits per heavy atom. The highest BCUT2D eigenvalue weighted by atomic mass is 32.2. The van der Waals surface area contributed by atoms with Crippen molar-refractivity contribution in [3.63, 3.8) is 0 Å². The molecule has 6 heteroatoms. The van der Waals surface area contributed by atoms with Gasteiger partial charge in [-0.15, -0.1) is 0 Å². The van der Waals surface area contributed by atoms with Gasteiger partial charge in [0.15, 0.2) is 5.76 Å². The normalized spacial score (nSPS) is 13.4. The summed E-state index contributed by atoms with van der Waals surface area (Å²) in [4.78, 5) is 0.125. The number of aromatic nitrogens is 1. The Morgan fingerprint density at radius 2 is 1.86 bits per heavy atom. The van der Waals surface area contributed by atoms with Gasteiger partial charge in [0.05, 0.1) is 0 Å². The fourth-order valence-electron chi connectivity index (χ4n) is 2.44. The van der Waals surface area contributed by atoms with E-state index in [2.05, 4.69) is 9.88 Å². The number of sulfonamides is 1. The maximum Gasteiger partial charge on any atom is 0.246 e. The van der Waals surface area contributed by atoms with Gasteiger partial charge in [-0.2, -0.15) is 0 Å². The van der Waals surface area contributed by atoms with Gasteiger partial charge in [-0.3, -0.25) is 0 Å². The van der Waals surface area contributed by atoms with Crippen molar-refractivity contribution in [1.82, 2.24) is 9.88 Å². The maximum absolute atomic E-state index is 12.5. The number of benzene rings is 1. The average Bonchev–Trinajstić information content (AvgIpc) is 2.72. The smallest absolute Gasteiger partial charge is 0.246 e. The van der Waals surface area contributed by atoms with E-state index >= 15 is 0 Å². The third-order valence-electron chi connectivity index (χ3n) is 3.47. The SMILES string of the molecule is Cc1ccc(C)c(C(C)NS(=O)(=O)c2c(C)noc2C)c1. The van der Waals surface area contributed by atoms with E-state index in [0.29, 0.717) is 11.5 Å². The molecule has 1 aromatic carbocycles. The number of aryl methyl sites for hydroxylation is 4. The largest absolute Gasteiger partial charge is 0.360 e. The van der Waals surface area contributed by atoms with E-state index in [1.807, 2.05) is 39.0 Å². The maximum atomic E-state index is 12.5. The van der Waals surface area contributed by atoms with Gasteiger partial charge in [-0.1, -0.05) is 28.9 Å². The average molecular weight is 308 g/mol. The predicted molar refractivity (Wildman–Crippen MR) is 80.6 cm³/mol. The monoisotopic (exact) mass is 308 g/mol. The summed E-state index contributed by atoms with van der Waals surface area (Å²) in [6.45, 7) is 9.00. The summed E-state index contributed by atoms with van der Waals surface area (Å²) in [6, 6.07) is 5.67. The van der Waals surface area contributed by atoms with Crippen LogP contribution in [0.5, 0.6) is 0 Å². The molecule has 0 bridgehead atoms. The standard InChI is InChI=1S/C15H20N2O3S/c1-9-6-7-10(2)14(8-9)11(3)17-21(18,19)15-12(4)16-20-13(15)5/h6-8,11,17H,1-5H3. The highest BCUT2D eigenvalue weighted by molar-refractivity contribution is 7.89. The van der Waals surface area contributed by atoms with Crippen LogP contribution in [-0.4, -0.2) is 13.6 Å². The first-order valence-electron chi connectivity index (χ1n) is 6.74. The lowest BCUT2D eigenvalue weighted by atomic mass is 10.0. The molecular formula is C15H20N2O3S. The van der Waals surface area contributed by atoms with Gasteiger partial charge in [-0.05, 0) is 45.7 Å². The van der Waals surface area contributed by atoms with Crippen molar-refractivity contribution < 1.29 is 12.9 Å². The van der Waals surface area contributed by atoms with Gasteiger partial charge in [0.1, 0.15) is 10.6 Å². The first kappa shape index (κ1) is 15.7. The van der Waals surface area contributed by atoms with Crippen LogP contribution in [0.25, 0.3) is 0 Å². The Balaban J connectivity index is 2.35. The molecule has 0 aliphatic rings. The van der Waals surface area contributed by atoms with Gasteiger partial charge in [-0.25, -0.2) is 13.1 Å². The minimum atomic E-state index is -3.66. The van der Waals surface area contributed by atoms with Crippen molar-refractivity contribution >= 4 is 10.0 Å². The Bertz CT molecular complexity index is 744. The molecule has 21 heavy (non-hydrogen) atoms. The third kappa shape index (κ3) is 3.16. The van der Waals surface area contributed by atoms with Crippen LogP contribution >= 0.6 is 0 Å². The Morgan fingerprint density at radius 3 is 2.43 bits per heavy atom. The van der Waals surface area contributed by atoms with Crippen LogP contribution in [0.4, 0.5) is 0 Å². The van der Waals surface area contributed by atoms with Crippen LogP contribution in [-0.2, 0) is 10.0 Å². The minimum absolute atomic E-state index is 0.125. The Kier molecular flexibility index (Phi) is 4.20. The summed E-state index contributed by atoms with van der Waals surface area (Å²) in [6.07, 6.45) is 0. The van der Waals surface area contributed by atoms with Crippen molar-refractivity contribution in [2.75, 3.05) is 0 Å². The molecule has 0 fully saturated rings. The van der Waals surface area contributed by atoms with Gasteiger partial charge in [0.25, 0.3) is 0 Å². The molecule has 1 atom stereocenters. The van der Waals surface area contributed by atoms with Crippen LogP contribution in [0.2, 0.25) is 0 Å². The summed E-state index contributed by atoms with van der Waals surface area (Å²) in [7, 11) is -3.66. The Hall–Kier alpha value is -1.66. The molecule has 2 aromatic rings. The predicted octanol–water partition coefficient (Wildman–Crippen LogP) is 2.95. The van der Waals surface area contributed by atoms with Gasteiger partial charge in [0.2, 0.25) is 10.0 Å². The number of nitrogens with one attached hydrogen (secondary N) is 1. The quantitative estimate of drug-likeness (QED) is 0.942. The third-order valence-corrected chi connectivity index (χ3v) is 5.25. The zero-order chi connectivity index (χ0) is 15.8. The van der Waals surface area contributed by atoms with E-state index in [-0.39, 0.29) is 10.9 Å². The summed E-state index contributed by atoms with van der Waals surface area (Å²) in [5.74, 6) is 0.299. The van der Waals surface area contributed by atoms with Crippen LogP contribution in [0.15, 0.2) is 27.6 Å². The highest BCUT2D eigenvalue weighted by Crippen LogP contribution is 2.24. The van der Waals surface area contributed by atoms with Gasteiger partial charge < -0.3 is 4.52 Å². The zero-order valence-electron chi connectivity index (χ0n) is 12.9. The van der Waals surface area contributed by atoms with E-state index in [1.54, 1.807) is 13.8 Å². The van der Waals surface area contributed by atoms with E-state index in [1.165, 1.54) is 0 Å².